The number of para-hydroxylation sites is 1. The highest BCUT2D eigenvalue weighted by Crippen LogP contribution is 2.23. The van der Waals surface area contributed by atoms with Crippen molar-refractivity contribution in [2.45, 2.75) is 13.0 Å². The molecule has 0 saturated carbocycles. The van der Waals surface area contributed by atoms with E-state index in [1.807, 2.05) is 18.2 Å². The van der Waals surface area contributed by atoms with E-state index in [0.717, 1.165) is 30.4 Å². The first-order chi connectivity index (χ1) is 8.42. The first-order valence-corrected chi connectivity index (χ1v) is 7.33. The number of hydrogen-bond acceptors (Lipinski definition) is 3. The lowest BCUT2D eigenvalue weighted by Gasteiger charge is -2.08. The molecule has 17 heavy (non-hydrogen) atoms. The van der Waals surface area contributed by atoms with Gasteiger partial charge in [0, 0.05) is 5.39 Å². The Bertz CT molecular complexity index is 455. The molecule has 2 aromatic rings. The van der Waals surface area contributed by atoms with Gasteiger partial charge in [0.2, 0.25) is 0 Å². The molecule has 1 aliphatic heterocycles. The molecule has 1 aromatic carbocycles. The summed E-state index contributed by atoms with van der Waals surface area (Å²) in [6, 6.07) is 10.3. The molecule has 90 valence electrons. The Morgan fingerprint density at radius 3 is 3.12 bits per heavy atom. The predicted molar refractivity (Wildman–Crippen MR) is 73.4 cm³/mol. The molecular weight excluding hydrogens is 230 g/mol. The number of furan rings is 1. The van der Waals surface area contributed by atoms with E-state index in [0.29, 0.717) is 0 Å². The molecule has 1 saturated heterocycles. The van der Waals surface area contributed by atoms with Gasteiger partial charge in [-0.05, 0) is 42.5 Å². The van der Waals surface area contributed by atoms with Gasteiger partial charge in [-0.2, -0.15) is 11.8 Å². The van der Waals surface area contributed by atoms with Crippen molar-refractivity contribution in [3.63, 3.8) is 0 Å². The van der Waals surface area contributed by atoms with Crippen molar-refractivity contribution in [3.05, 3.63) is 36.1 Å². The maximum atomic E-state index is 5.77. The summed E-state index contributed by atoms with van der Waals surface area (Å²) in [5.74, 6) is 4.53. The molecule has 1 N–H and O–H groups in total. The Balaban J connectivity index is 1.57. The number of hydrogen-bond donors (Lipinski definition) is 1. The second kappa shape index (κ2) is 5.15. The normalized spacial score (nSPS) is 20.1. The highest BCUT2D eigenvalue weighted by atomic mass is 32.2. The second-order valence-electron chi connectivity index (χ2n) is 4.61. The molecule has 0 amide bonds. The van der Waals surface area contributed by atoms with Gasteiger partial charge in [-0.1, -0.05) is 18.2 Å². The van der Waals surface area contributed by atoms with Crippen LogP contribution in [-0.4, -0.2) is 18.1 Å². The van der Waals surface area contributed by atoms with Crippen molar-refractivity contribution in [2.75, 3.05) is 18.1 Å². The van der Waals surface area contributed by atoms with Crippen LogP contribution < -0.4 is 5.32 Å². The molecule has 1 fully saturated rings. The number of rotatable bonds is 4. The second-order valence-corrected chi connectivity index (χ2v) is 5.76. The van der Waals surface area contributed by atoms with Crippen molar-refractivity contribution in [1.82, 2.24) is 5.32 Å². The SMILES string of the molecule is c1ccc2oc(CNCC3CCSC3)cc2c1. The Kier molecular flexibility index (Phi) is 3.39. The average Bonchev–Trinajstić information content (AvgIpc) is 2.96. The third kappa shape index (κ3) is 2.67. The zero-order chi connectivity index (χ0) is 11.5. The Labute approximate surface area is 106 Å². The molecule has 1 atom stereocenters. The van der Waals surface area contributed by atoms with Gasteiger partial charge >= 0.3 is 0 Å². The molecule has 2 heterocycles. The highest BCUT2D eigenvalue weighted by molar-refractivity contribution is 7.99. The molecule has 1 unspecified atom stereocenters. The van der Waals surface area contributed by atoms with Crippen molar-refractivity contribution < 1.29 is 4.42 Å². The molecule has 1 aromatic heterocycles. The number of nitrogens with one attached hydrogen (secondary N) is 1. The fourth-order valence-electron chi connectivity index (χ4n) is 2.27. The fourth-order valence-corrected chi connectivity index (χ4v) is 3.55. The molecule has 3 heteroatoms. The number of fused-ring (bicyclic) bond motifs is 1. The smallest absolute Gasteiger partial charge is 0.134 e. The van der Waals surface area contributed by atoms with E-state index in [1.54, 1.807) is 0 Å². The summed E-state index contributed by atoms with van der Waals surface area (Å²) in [5.41, 5.74) is 0.987. The summed E-state index contributed by atoms with van der Waals surface area (Å²) in [6.45, 7) is 1.96. The summed E-state index contributed by atoms with van der Waals surface area (Å²) in [6.07, 6.45) is 1.36. The van der Waals surface area contributed by atoms with Crippen molar-refractivity contribution in [3.8, 4) is 0 Å². The van der Waals surface area contributed by atoms with Crippen molar-refractivity contribution >= 4 is 22.7 Å². The van der Waals surface area contributed by atoms with Gasteiger partial charge in [0.25, 0.3) is 0 Å². The standard InChI is InChI=1S/C14H17NOS/c1-2-4-14-12(3-1)7-13(16-14)9-15-8-11-5-6-17-10-11/h1-4,7,11,15H,5-6,8-10H2. The molecule has 3 rings (SSSR count). The van der Waals surface area contributed by atoms with Crippen LogP contribution in [0.15, 0.2) is 34.7 Å². The van der Waals surface area contributed by atoms with Crippen LogP contribution >= 0.6 is 11.8 Å². The Hall–Kier alpha value is -0.930. The monoisotopic (exact) mass is 247 g/mol. The molecular formula is C14H17NOS. The molecule has 0 radical (unpaired) electrons. The van der Waals surface area contributed by atoms with Crippen molar-refractivity contribution in [1.29, 1.82) is 0 Å². The third-order valence-corrected chi connectivity index (χ3v) is 4.46. The van der Waals surface area contributed by atoms with Crippen LogP contribution in [0, 0.1) is 5.92 Å². The lowest BCUT2D eigenvalue weighted by Crippen LogP contribution is -2.21. The molecule has 0 aliphatic carbocycles. The van der Waals surface area contributed by atoms with E-state index in [9.17, 15) is 0 Å². The van der Waals surface area contributed by atoms with Crippen LogP contribution in [0.25, 0.3) is 11.0 Å². The maximum absolute atomic E-state index is 5.77. The van der Waals surface area contributed by atoms with Gasteiger partial charge < -0.3 is 9.73 Å². The van der Waals surface area contributed by atoms with Gasteiger partial charge in [0.05, 0.1) is 6.54 Å². The lowest BCUT2D eigenvalue weighted by atomic mass is 10.1. The van der Waals surface area contributed by atoms with E-state index in [2.05, 4.69) is 29.2 Å². The molecule has 2 nitrogen and oxygen atoms in total. The summed E-state index contributed by atoms with van der Waals surface area (Å²) >= 11 is 2.07. The molecule has 0 spiro atoms. The van der Waals surface area contributed by atoms with E-state index in [1.165, 1.54) is 23.3 Å². The maximum Gasteiger partial charge on any atom is 0.134 e. The van der Waals surface area contributed by atoms with Crippen LogP contribution in [0.3, 0.4) is 0 Å². The van der Waals surface area contributed by atoms with E-state index >= 15 is 0 Å². The average molecular weight is 247 g/mol. The third-order valence-electron chi connectivity index (χ3n) is 3.23. The summed E-state index contributed by atoms with van der Waals surface area (Å²) in [5, 5.41) is 4.69. The van der Waals surface area contributed by atoms with Crippen LogP contribution in [0.4, 0.5) is 0 Å². The first-order valence-electron chi connectivity index (χ1n) is 6.18. The summed E-state index contributed by atoms with van der Waals surface area (Å²) < 4.78 is 5.77. The largest absolute Gasteiger partial charge is 0.460 e. The van der Waals surface area contributed by atoms with Crippen LogP contribution in [0.1, 0.15) is 12.2 Å². The predicted octanol–water partition coefficient (Wildman–Crippen LogP) is 3.28. The topological polar surface area (TPSA) is 25.2 Å². The van der Waals surface area contributed by atoms with Crippen LogP contribution in [0.5, 0.6) is 0 Å². The van der Waals surface area contributed by atoms with Gasteiger partial charge in [-0.3, -0.25) is 0 Å². The zero-order valence-corrected chi connectivity index (χ0v) is 10.6. The molecule has 0 bridgehead atoms. The van der Waals surface area contributed by atoms with Gasteiger partial charge in [0.1, 0.15) is 11.3 Å². The van der Waals surface area contributed by atoms with Crippen LogP contribution in [0.2, 0.25) is 0 Å². The Morgan fingerprint density at radius 2 is 2.29 bits per heavy atom. The summed E-state index contributed by atoms with van der Waals surface area (Å²) in [4.78, 5) is 0. The zero-order valence-electron chi connectivity index (χ0n) is 9.82. The van der Waals surface area contributed by atoms with Gasteiger partial charge in [-0.15, -0.1) is 0 Å². The van der Waals surface area contributed by atoms with E-state index in [4.69, 9.17) is 4.42 Å². The lowest BCUT2D eigenvalue weighted by molar-refractivity contribution is 0.474. The number of benzene rings is 1. The highest BCUT2D eigenvalue weighted by Gasteiger charge is 2.14. The van der Waals surface area contributed by atoms with Crippen molar-refractivity contribution in [2.24, 2.45) is 5.92 Å². The van der Waals surface area contributed by atoms with Gasteiger partial charge in [0.15, 0.2) is 0 Å². The minimum Gasteiger partial charge on any atom is -0.460 e. The minimum atomic E-state index is 0.843. The quantitative estimate of drug-likeness (QED) is 0.897. The number of thioether (sulfide) groups is 1. The van der Waals surface area contributed by atoms with E-state index in [-0.39, 0.29) is 0 Å². The first kappa shape index (κ1) is 11.2. The Morgan fingerprint density at radius 1 is 1.35 bits per heavy atom. The fraction of sp³-hybridized carbons (Fsp3) is 0.429. The van der Waals surface area contributed by atoms with E-state index < -0.39 is 0 Å². The summed E-state index contributed by atoms with van der Waals surface area (Å²) in [7, 11) is 0. The molecule has 1 aliphatic rings. The van der Waals surface area contributed by atoms with Gasteiger partial charge in [-0.25, -0.2) is 0 Å². The van der Waals surface area contributed by atoms with Crippen LogP contribution in [-0.2, 0) is 6.54 Å². The minimum absolute atomic E-state index is 0.843.